The number of oxazole rings is 1. The Morgan fingerprint density at radius 1 is 1.00 bits per heavy atom. The summed E-state index contributed by atoms with van der Waals surface area (Å²) in [6, 6.07) is 19.5. The maximum atomic E-state index is 13.4. The zero-order valence-corrected chi connectivity index (χ0v) is 21.6. The second kappa shape index (κ2) is 9.39. The summed E-state index contributed by atoms with van der Waals surface area (Å²) in [5.41, 5.74) is 8.34. The monoisotopic (exact) mass is 556 g/mol. The number of nitrogens with two attached hydrogens (primary N) is 1. The van der Waals surface area contributed by atoms with E-state index >= 15 is 0 Å². The Kier molecular flexibility index (Phi) is 5.84. The molecule has 0 aliphatic rings. The summed E-state index contributed by atoms with van der Waals surface area (Å²) in [6.45, 7) is 0. The fourth-order valence-corrected chi connectivity index (χ4v) is 5.41. The van der Waals surface area contributed by atoms with Crippen LogP contribution in [-0.4, -0.2) is 35.0 Å². The van der Waals surface area contributed by atoms with Crippen molar-refractivity contribution in [3.63, 3.8) is 0 Å². The molecule has 0 spiro atoms. The van der Waals surface area contributed by atoms with E-state index < -0.39 is 15.8 Å². The highest BCUT2D eigenvalue weighted by molar-refractivity contribution is 7.92. The number of H-pyrrole nitrogens is 1. The molecule has 0 saturated carbocycles. The van der Waals surface area contributed by atoms with Crippen LogP contribution in [0.2, 0.25) is 0 Å². The number of hydrogen-bond acceptors (Lipinski definition) is 9. The van der Waals surface area contributed by atoms with Gasteiger partial charge < -0.3 is 14.9 Å². The van der Waals surface area contributed by atoms with E-state index in [1.807, 2.05) is 6.07 Å². The summed E-state index contributed by atoms with van der Waals surface area (Å²) in [7, 11) is -2.77. The average Bonchev–Trinajstić information content (AvgIpc) is 3.32. The van der Waals surface area contributed by atoms with E-state index in [4.69, 9.17) is 14.9 Å². The molecule has 4 N–H and O–H groups in total. The van der Waals surface area contributed by atoms with Crippen molar-refractivity contribution in [1.29, 1.82) is 0 Å². The highest BCUT2D eigenvalue weighted by Crippen LogP contribution is 2.31. The predicted molar refractivity (Wildman–Crippen MR) is 149 cm³/mol. The number of hydrogen-bond donors (Lipinski definition) is 3. The molecule has 0 radical (unpaired) electrons. The summed E-state index contributed by atoms with van der Waals surface area (Å²) >= 11 is 0. The van der Waals surface area contributed by atoms with Crippen LogP contribution < -0.4 is 26.5 Å². The van der Waals surface area contributed by atoms with Gasteiger partial charge in [-0.3, -0.25) is 14.5 Å². The van der Waals surface area contributed by atoms with E-state index in [0.29, 0.717) is 33.2 Å². The molecular weight excluding hydrogens is 536 g/mol. The number of methoxy groups -OCH3 is 1. The molecule has 6 rings (SSSR count). The summed E-state index contributed by atoms with van der Waals surface area (Å²) in [5.74, 6) is -0.612. The van der Waals surface area contributed by atoms with Crippen LogP contribution in [-0.2, 0) is 10.0 Å². The van der Waals surface area contributed by atoms with Crippen LogP contribution >= 0.6 is 0 Å². The lowest BCUT2D eigenvalue weighted by molar-refractivity contribution is 0.400. The number of aromatic amines is 1. The van der Waals surface area contributed by atoms with E-state index in [9.17, 15) is 18.0 Å². The van der Waals surface area contributed by atoms with E-state index in [-0.39, 0.29) is 33.6 Å². The minimum absolute atomic E-state index is 0.0308. The van der Waals surface area contributed by atoms with Gasteiger partial charge in [0.2, 0.25) is 11.8 Å². The van der Waals surface area contributed by atoms with Gasteiger partial charge in [-0.25, -0.2) is 27.7 Å². The number of benzene rings is 3. The molecule has 0 amide bonds. The fourth-order valence-electron chi connectivity index (χ4n) is 4.35. The number of aromatic nitrogens is 4. The third-order valence-corrected chi connectivity index (χ3v) is 7.60. The Bertz CT molecular complexity index is 2150. The first-order valence-electron chi connectivity index (χ1n) is 11.8. The summed E-state index contributed by atoms with van der Waals surface area (Å²) < 4.78 is 40.5. The number of nitrogens with one attached hydrogen (secondary N) is 2. The average molecular weight is 557 g/mol. The van der Waals surface area contributed by atoms with E-state index in [2.05, 4.69) is 19.7 Å². The Labute approximate surface area is 225 Å². The van der Waals surface area contributed by atoms with Crippen molar-refractivity contribution in [2.75, 3.05) is 17.6 Å². The minimum atomic E-state index is -4.13. The number of para-hydroxylation sites is 1. The Morgan fingerprint density at radius 2 is 1.80 bits per heavy atom. The number of nitrogen functional groups attached to an aromatic ring is 1. The van der Waals surface area contributed by atoms with Gasteiger partial charge in [0.25, 0.3) is 15.6 Å². The zero-order chi connectivity index (χ0) is 28.0. The van der Waals surface area contributed by atoms with Gasteiger partial charge in [0.1, 0.15) is 5.69 Å². The van der Waals surface area contributed by atoms with Gasteiger partial charge in [-0.15, -0.1) is 0 Å². The highest BCUT2D eigenvalue weighted by Gasteiger charge is 2.20. The van der Waals surface area contributed by atoms with Gasteiger partial charge >= 0.3 is 5.76 Å². The Morgan fingerprint density at radius 3 is 2.58 bits per heavy atom. The first-order chi connectivity index (χ1) is 19.2. The maximum Gasteiger partial charge on any atom is 0.417 e. The first-order valence-corrected chi connectivity index (χ1v) is 13.3. The molecule has 6 aromatic rings. The molecule has 0 aliphatic carbocycles. The SMILES string of the molecule is COc1ncc(-c2ccc3nc(N)n(-c4ccccc4)c(=O)c3c2)cc1NS(=O)(=O)c1ccc2[nH]c(=O)oc2c1. The van der Waals surface area contributed by atoms with Crippen molar-refractivity contribution in [2.45, 2.75) is 4.90 Å². The van der Waals surface area contributed by atoms with Crippen LogP contribution in [0.4, 0.5) is 11.6 Å². The minimum Gasteiger partial charge on any atom is -0.480 e. The molecule has 0 aliphatic heterocycles. The molecule has 13 heteroatoms. The lowest BCUT2D eigenvalue weighted by Crippen LogP contribution is -2.23. The van der Waals surface area contributed by atoms with Crippen LogP contribution in [0.15, 0.2) is 97.9 Å². The van der Waals surface area contributed by atoms with Gasteiger partial charge in [-0.05, 0) is 48.0 Å². The summed E-state index contributed by atoms with van der Waals surface area (Å²) in [5, 5.41) is 0.315. The molecule has 3 aromatic carbocycles. The van der Waals surface area contributed by atoms with Crippen LogP contribution in [0.3, 0.4) is 0 Å². The fraction of sp³-hybridized carbons (Fsp3) is 0.0370. The molecule has 3 aromatic heterocycles. The van der Waals surface area contributed by atoms with Crippen molar-refractivity contribution in [1.82, 2.24) is 19.5 Å². The Balaban J connectivity index is 1.42. The largest absolute Gasteiger partial charge is 0.480 e. The molecule has 0 atom stereocenters. The molecule has 3 heterocycles. The number of ether oxygens (including phenoxy) is 1. The van der Waals surface area contributed by atoms with Gasteiger partial charge in [-0.1, -0.05) is 24.3 Å². The van der Waals surface area contributed by atoms with E-state index in [1.165, 1.54) is 36.1 Å². The molecule has 12 nitrogen and oxygen atoms in total. The van der Waals surface area contributed by atoms with Gasteiger partial charge in [0.05, 0.1) is 34.1 Å². The number of anilines is 2. The number of fused-ring (bicyclic) bond motifs is 2. The normalized spacial score (nSPS) is 11.6. The van der Waals surface area contributed by atoms with Crippen molar-refractivity contribution in [3.05, 3.63) is 99.9 Å². The maximum absolute atomic E-state index is 13.4. The lowest BCUT2D eigenvalue weighted by Gasteiger charge is -2.14. The number of pyridine rings is 1. The number of rotatable bonds is 6. The zero-order valence-electron chi connectivity index (χ0n) is 20.8. The van der Waals surface area contributed by atoms with Gasteiger partial charge in [0, 0.05) is 17.8 Å². The van der Waals surface area contributed by atoms with Gasteiger partial charge in [-0.2, -0.15) is 0 Å². The Hall–Kier alpha value is -5.43. The summed E-state index contributed by atoms with van der Waals surface area (Å²) in [4.78, 5) is 35.9. The molecule has 0 fully saturated rings. The lowest BCUT2D eigenvalue weighted by atomic mass is 10.0. The first kappa shape index (κ1) is 24.9. The highest BCUT2D eigenvalue weighted by atomic mass is 32.2. The second-order valence-corrected chi connectivity index (χ2v) is 10.4. The second-order valence-electron chi connectivity index (χ2n) is 8.74. The van der Waals surface area contributed by atoms with Crippen LogP contribution in [0, 0.1) is 0 Å². The summed E-state index contributed by atoms with van der Waals surface area (Å²) in [6.07, 6.45) is 1.50. The van der Waals surface area contributed by atoms with Crippen LogP contribution in [0.1, 0.15) is 0 Å². The van der Waals surface area contributed by atoms with Crippen molar-refractivity contribution >= 4 is 43.7 Å². The van der Waals surface area contributed by atoms with Crippen molar-refractivity contribution < 1.29 is 17.6 Å². The van der Waals surface area contributed by atoms with Crippen molar-refractivity contribution in [2.24, 2.45) is 0 Å². The van der Waals surface area contributed by atoms with E-state index in [1.54, 1.807) is 48.5 Å². The number of sulfonamides is 1. The van der Waals surface area contributed by atoms with Gasteiger partial charge in [0.15, 0.2) is 5.58 Å². The molecular formula is C27H20N6O6S. The quantitative estimate of drug-likeness (QED) is 0.278. The topological polar surface area (TPSA) is 175 Å². The smallest absolute Gasteiger partial charge is 0.417 e. The van der Waals surface area contributed by atoms with E-state index in [0.717, 1.165) is 0 Å². The van der Waals surface area contributed by atoms with Crippen LogP contribution in [0.25, 0.3) is 38.8 Å². The third-order valence-electron chi connectivity index (χ3n) is 6.23. The van der Waals surface area contributed by atoms with Crippen molar-refractivity contribution in [3.8, 4) is 22.7 Å². The van der Waals surface area contributed by atoms with Crippen LogP contribution in [0.5, 0.6) is 5.88 Å². The molecule has 0 unspecified atom stereocenters. The number of nitrogens with zero attached hydrogens (tertiary/aromatic N) is 3. The third kappa shape index (κ3) is 4.33. The molecule has 0 saturated heterocycles. The standard InChI is InChI=1S/C27H20N6O6S/c1-38-24-22(32-40(36,37)18-8-10-21-23(13-18)39-27(35)31-21)12-16(14-29-24)15-7-9-20-19(11-15)25(34)33(26(28)30-20)17-5-3-2-4-6-17/h2-14,32H,1H3,(H2,28,30)(H,31,35). The molecule has 200 valence electrons. The molecule has 0 bridgehead atoms. The molecule has 40 heavy (non-hydrogen) atoms. The predicted octanol–water partition coefficient (Wildman–Crippen LogP) is 3.27.